The molecular formula is C10H8N2O2S. The maximum Gasteiger partial charge on any atom is 0.337 e. The summed E-state index contributed by atoms with van der Waals surface area (Å²) >= 11 is 1.50. The minimum absolute atomic E-state index is 0.195. The largest absolute Gasteiger partial charge is 0.478 e. The number of carbonyl (C=O) groups is 1. The van der Waals surface area contributed by atoms with Crippen molar-refractivity contribution in [3.63, 3.8) is 0 Å². The second-order valence-electron chi connectivity index (χ2n) is 3.00. The number of hydrogen-bond donors (Lipinski definition) is 1. The Morgan fingerprint density at radius 3 is 2.67 bits per heavy atom. The normalized spacial score (nSPS) is 10.2. The van der Waals surface area contributed by atoms with E-state index >= 15 is 0 Å². The van der Waals surface area contributed by atoms with Crippen LogP contribution < -0.4 is 0 Å². The van der Waals surface area contributed by atoms with Crippen molar-refractivity contribution in [2.45, 2.75) is 6.92 Å². The number of pyridine rings is 1. The van der Waals surface area contributed by atoms with E-state index in [2.05, 4.69) is 9.97 Å². The molecule has 0 fully saturated rings. The average molecular weight is 220 g/mol. The predicted molar refractivity (Wildman–Crippen MR) is 57.0 cm³/mol. The summed E-state index contributed by atoms with van der Waals surface area (Å²) < 4.78 is 0. The first-order valence-corrected chi connectivity index (χ1v) is 5.16. The minimum atomic E-state index is -0.963. The third kappa shape index (κ3) is 1.87. The van der Waals surface area contributed by atoms with Gasteiger partial charge in [-0.3, -0.25) is 4.98 Å². The third-order valence-corrected chi connectivity index (χ3v) is 2.94. The van der Waals surface area contributed by atoms with E-state index in [0.29, 0.717) is 0 Å². The Hall–Kier alpha value is -1.75. The Bertz CT molecular complexity index is 490. The second kappa shape index (κ2) is 3.78. The molecule has 0 saturated heterocycles. The van der Waals surface area contributed by atoms with E-state index in [9.17, 15) is 4.79 Å². The lowest BCUT2D eigenvalue weighted by molar-refractivity contribution is 0.0696. The van der Waals surface area contributed by atoms with Gasteiger partial charge in [-0.1, -0.05) is 0 Å². The Kier molecular flexibility index (Phi) is 2.47. The van der Waals surface area contributed by atoms with Gasteiger partial charge in [0, 0.05) is 6.20 Å². The lowest BCUT2D eigenvalue weighted by atomic mass is 10.2. The summed E-state index contributed by atoms with van der Waals surface area (Å²) in [4.78, 5) is 19.8. The quantitative estimate of drug-likeness (QED) is 0.842. The topological polar surface area (TPSA) is 63.1 Å². The van der Waals surface area contributed by atoms with Gasteiger partial charge in [0.1, 0.15) is 0 Å². The summed E-state index contributed by atoms with van der Waals surface area (Å²) in [7, 11) is 0. The number of carboxylic acid groups (broad SMARTS) is 1. The lowest BCUT2D eigenvalue weighted by Gasteiger charge is -1.98. The fourth-order valence-electron chi connectivity index (χ4n) is 1.20. The van der Waals surface area contributed by atoms with E-state index < -0.39 is 5.97 Å². The first-order valence-electron chi connectivity index (χ1n) is 4.28. The number of carboxylic acids is 1. The van der Waals surface area contributed by atoms with Gasteiger partial charge >= 0.3 is 5.97 Å². The lowest BCUT2D eigenvalue weighted by Crippen LogP contribution is -1.96. The Morgan fingerprint density at radius 2 is 2.20 bits per heavy atom. The highest BCUT2D eigenvalue weighted by Crippen LogP contribution is 2.24. The molecule has 0 unspecified atom stereocenters. The zero-order chi connectivity index (χ0) is 10.8. The summed E-state index contributed by atoms with van der Waals surface area (Å²) in [5.41, 5.74) is 3.62. The van der Waals surface area contributed by atoms with Crippen LogP contribution in [0, 0.1) is 6.92 Å². The molecule has 1 N–H and O–H groups in total. The van der Waals surface area contributed by atoms with E-state index in [4.69, 9.17) is 5.11 Å². The number of nitrogens with zero attached hydrogens (tertiary/aromatic N) is 2. The van der Waals surface area contributed by atoms with Gasteiger partial charge in [-0.2, -0.15) is 0 Å². The zero-order valence-electron chi connectivity index (χ0n) is 7.97. The monoisotopic (exact) mass is 220 g/mol. The van der Waals surface area contributed by atoms with E-state index in [1.807, 2.05) is 6.92 Å². The summed E-state index contributed by atoms with van der Waals surface area (Å²) in [6.45, 7) is 1.90. The Labute approximate surface area is 90.3 Å². The maximum absolute atomic E-state index is 10.6. The van der Waals surface area contributed by atoms with Crippen molar-refractivity contribution in [1.82, 2.24) is 9.97 Å². The standard InChI is InChI=1S/C10H8N2O2S/c1-6-9(15-5-12-6)8-3-2-7(4-11-8)10(13)14/h2-5H,1H3,(H,13,14). The smallest absolute Gasteiger partial charge is 0.337 e. The van der Waals surface area contributed by atoms with Crippen LogP contribution in [0.15, 0.2) is 23.8 Å². The number of hydrogen-bond acceptors (Lipinski definition) is 4. The first kappa shape index (κ1) is 9.79. The molecule has 15 heavy (non-hydrogen) atoms. The summed E-state index contributed by atoms with van der Waals surface area (Å²) in [5, 5.41) is 8.71. The Balaban J connectivity index is 2.40. The van der Waals surface area contributed by atoms with Crippen LogP contribution in [0.2, 0.25) is 0 Å². The van der Waals surface area contributed by atoms with E-state index in [0.717, 1.165) is 16.3 Å². The molecule has 0 aromatic carbocycles. The van der Waals surface area contributed by atoms with Gasteiger partial charge in [-0.15, -0.1) is 11.3 Å². The summed E-state index contributed by atoms with van der Waals surface area (Å²) in [6, 6.07) is 3.24. The van der Waals surface area contributed by atoms with Crippen molar-refractivity contribution in [2.24, 2.45) is 0 Å². The fourth-order valence-corrected chi connectivity index (χ4v) is 1.98. The number of rotatable bonds is 2. The molecule has 76 valence electrons. The van der Waals surface area contributed by atoms with Gasteiger partial charge < -0.3 is 5.11 Å². The maximum atomic E-state index is 10.6. The second-order valence-corrected chi connectivity index (χ2v) is 3.86. The number of aryl methyl sites for hydroxylation is 1. The van der Waals surface area contributed by atoms with Crippen LogP contribution in [-0.2, 0) is 0 Å². The van der Waals surface area contributed by atoms with Gasteiger partial charge in [0.2, 0.25) is 0 Å². The molecule has 2 aromatic heterocycles. The van der Waals surface area contributed by atoms with Crippen molar-refractivity contribution in [2.75, 3.05) is 0 Å². The van der Waals surface area contributed by atoms with Gasteiger partial charge in [0.05, 0.1) is 27.3 Å². The van der Waals surface area contributed by atoms with Crippen molar-refractivity contribution in [3.05, 3.63) is 35.1 Å². The minimum Gasteiger partial charge on any atom is -0.478 e. The van der Waals surface area contributed by atoms with Gasteiger partial charge in [-0.05, 0) is 19.1 Å². The third-order valence-electron chi connectivity index (χ3n) is 1.99. The van der Waals surface area contributed by atoms with Gasteiger partial charge in [0.25, 0.3) is 0 Å². The predicted octanol–water partition coefficient (Wildman–Crippen LogP) is 2.21. The highest BCUT2D eigenvalue weighted by Gasteiger charge is 2.07. The van der Waals surface area contributed by atoms with E-state index in [1.165, 1.54) is 17.5 Å². The van der Waals surface area contributed by atoms with E-state index in [-0.39, 0.29) is 5.56 Å². The van der Waals surface area contributed by atoms with Crippen LogP contribution in [0.1, 0.15) is 16.1 Å². The fraction of sp³-hybridized carbons (Fsp3) is 0.100. The number of thiazole rings is 1. The molecule has 0 saturated carbocycles. The molecular weight excluding hydrogens is 212 g/mol. The summed E-state index contributed by atoms with van der Waals surface area (Å²) in [6.07, 6.45) is 1.36. The molecule has 0 aliphatic rings. The average Bonchev–Trinajstić information content (AvgIpc) is 2.65. The molecule has 0 amide bonds. The number of aromatic nitrogens is 2. The number of aromatic carboxylic acids is 1. The molecule has 0 aliphatic heterocycles. The molecule has 0 spiro atoms. The van der Waals surface area contributed by atoms with Crippen molar-refractivity contribution in [1.29, 1.82) is 0 Å². The molecule has 0 radical (unpaired) electrons. The summed E-state index contributed by atoms with van der Waals surface area (Å²) in [5.74, 6) is -0.963. The van der Waals surface area contributed by atoms with Gasteiger partial charge in [0.15, 0.2) is 0 Å². The van der Waals surface area contributed by atoms with Crippen LogP contribution in [-0.4, -0.2) is 21.0 Å². The molecule has 2 heterocycles. The highest BCUT2D eigenvalue weighted by molar-refractivity contribution is 7.13. The molecule has 0 aliphatic carbocycles. The van der Waals surface area contributed by atoms with E-state index in [1.54, 1.807) is 17.6 Å². The van der Waals surface area contributed by atoms with Crippen LogP contribution in [0.25, 0.3) is 10.6 Å². The van der Waals surface area contributed by atoms with Crippen molar-refractivity contribution < 1.29 is 9.90 Å². The molecule has 2 rings (SSSR count). The zero-order valence-corrected chi connectivity index (χ0v) is 8.78. The highest BCUT2D eigenvalue weighted by atomic mass is 32.1. The molecule has 0 bridgehead atoms. The molecule has 0 atom stereocenters. The SMILES string of the molecule is Cc1ncsc1-c1ccc(C(=O)O)cn1. The molecule has 2 aromatic rings. The molecule has 5 heteroatoms. The van der Waals surface area contributed by atoms with Gasteiger partial charge in [-0.25, -0.2) is 9.78 Å². The first-order chi connectivity index (χ1) is 7.18. The van der Waals surface area contributed by atoms with Crippen LogP contribution in [0.3, 0.4) is 0 Å². The van der Waals surface area contributed by atoms with Crippen LogP contribution >= 0.6 is 11.3 Å². The molecule has 4 nitrogen and oxygen atoms in total. The van der Waals surface area contributed by atoms with Crippen molar-refractivity contribution in [3.8, 4) is 10.6 Å². The Morgan fingerprint density at radius 1 is 1.40 bits per heavy atom. The van der Waals surface area contributed by atoms with Crippen molar-refractivity contribution >= 4 is 17.3 Å². The van der Waals surface area contributed by atoms with Crippen LogP contribution in [0.5, 0.6) is 0 Å². The van der Waals surface area contributed by atoms with Crippen LogP contribution in [0.4, 0.5) is 0 Å².